The molecule has 8 nitrogen and oxygen atoms in total. The van der Waals surface area contributed by atoms with Gasteiger partial charge in [-0.2, -0.15) is 5.10 Å². The van der Waals surface area contributed by atoms with E-state index in [1.807, 2.05) is 48.8 Å². The van der Waals surface area contributed by atoms with Crippen molar-refractivity contribution in [1.82, 2.24) is 20.8 Å². The quantitative estimate of drug-likeness (QED) is 0.563. The molecule has 10 heteroatoms. The van der Waals surface area contributed by atoms with Gasteiger partial charge in [-0.05, 0) is 42.3 Å². The maximum absolute atomic E-state index is 12.4. The lowest BCUT2D eigenvalue weighted by Gasteiger charge is -2.36. The largest absolute Gasteiger partial charge is 0.497 e. The molecule has 3 aliphatic heterocycles. The molecule has 0 aliphatic carbocycles. The fraction of sp³-hybridized carbons (Fsp3) is 0.273. The molecular formula is C22H23BrN6O2S. The smallest absolute Gasteiger partial charge is 0.234 e. The third kappa shape index (κ3) is 4.30. The maximum atomic E-state index is 12.4. The first-order valence-electron chi connectivity index (χ1n) is 10.3. The number of hydrazine groups is 1. The minimum atomic E-state index is -0.0658. The van der Waals surface area contributed by atoms with Crippen LogP contribution in [0.2, 0.25) is 0 Å². The number of fused-ring (bicyclic) bond motifs is 3. The lowest BCUT2D eigenvalue weighted by molar-refractivity contribution is -0.113. The molecule has 3 atom stereocenters. The minimum absolute atomic E-state index is 0.0198. The Morgan fingerprint density at radius 1 is 1.28 bits per heavy atom. The molecule has 5 rings (SSSR count). The fourth-order valence-electron chi connectivity index (χ4n) is 4.10. The molecule has 0 radical (unpaired) electrons. The number of amides is 1. The van der Waals surface area contributed by atoms with Crippen LogP contribution < -0.4 is 20.9 Å². The molecule has 0 spiro atoms. The molecule has 0 saturated carbocycles. The average molecular weight is 515 g/mol. The third-order valence-electron chi connectivity index (χ3n) is 5.66. The Bertz CT molecular complexity index is 1060. The first kappa shape index (κ1) is 21.2. The zero-order chi connectivity index (χ0) is 22.1. The number of hydrogen-bond donors (Lipinski definition) is 3. The number of hydrogen-bond acceptors (Lipinski definition) is 8. The topological polar surface area (TPSA) is 81.2 Å². The van der Waals surface area contributed by atoms with Crippen molar-refractivity contribution in [2.24, 2.45) is 5.10 Å². The second-order valence-corrected chi connectivity index (χ2v) is 9.54. The van der Waals surface area contributed by atoms with E-state index < -0.39 is 0 Å². The number of benzene rings is 2. The minimum Gasteiger partial charge on any atom is -0.497 e. The van der Waals surface area contributed by atoms with Crippen molar-refractivity contribution in [3.05, 3.63) is 71.0 Å². The van der Waals surface area contributed by atoms with E-state index in [2.05, 4.69) is 59.2 Å². The van der Waals surface area contributed by atoms with Gasteiger partial charge in [0.05, 0.1) is 24.9 Å². The Morgan fingerprint density at radius 2 is 2.12 bits per heavy atom. The SMILES string of the molecule is COc1ccc(C2CC3C4NN=C(SCC(=O)Nc5cccc(Br)c5)N4C=CN3N2)cc1. The van der Waals surface area contributed by atoms with Crippen LogP contribution in [0.4, 0.5) is 5.69 Å². The van der Waals surface area contributed by atoms with Crippen LogP contribution in [0.5, 0.6) is 5.75 Å². The van der Waals surface area contributed by atoms with Crippen molar-refractivity contribution >= 4 is 44.5 Å². The zero-order valence-electron chi connectivity index (χ0n) is 17.4. The summed E-state index contributed by atoms with van der Waals surface area (Å²) in [5.41, 5.74) is 8.81. The van der Waals surface area contributed by atoms with Gasteiger partial charge in [-0.15, -0.1) is 0 Å². The highest BCUT2D eigenvalue weighted by molar-refractivity contribution is 9.10. The van der Waals surface area contributed by atoms with Crippen LogP contribution in [0.3, 0.4) is 0 Å². The molecule has 32 heavy (non-hydrogen) atoms. The highest BCUT2D eigenvalue weighted by atomic mass is 79.9. The number of nitrogens with zero attached hydrogens (tertiary/aromatic N) is 3. The van der Waals surface area contributed by atoms with E-state index in [1.54, 1.807) is 7.11 Å². The van der Waals surface area contributed by atoms with Crippen LogP contribution in [-0.2, 0) is 4.79 Å². The van der Waals surface area contributed by atoms with E-state index in [9.17, 15) is 4.79 Å². The van der Waals surface area contributed by atoms with Gasteiger partial charge in [0.15, 0.2) is 5.17 Å². The summed E-state index contributed by atoms with van der Waals surface area (Å²) in [7, 11) is 1.67. The summed E-state index contributed by atoms with van der Waals surface area (Å²) in [6.07, 6.45) is 4.99. The van der Waals surface area contributed by atoms with Gasteiger partial charge < -0.3 is 20.0 Å². The number of nitrogens with one attached hydrogen (secondary N) is 3. The van der Waals surface area contributed by atoms with Gasteiger partial charge in [0.2, 0.25) is 5.91 Å². The Hall–Kier alpha value is -2.69. The summed E-state index contributed by atoms with van der Waals surface area (Å²) < 4.78 is 6.19. The molecule has 1 saturated heterocycles. The van der Waals surface area contributed by atoms with Crippen LogP contribution in [0, 0.1) is 0 Å². The van der Waals surface area contributed by atoms with Crippen LogP contribution in [0.15, 0.2) is 70.5 Å². The molecule has 2 aromatic carbocycles. The van der Waals surface area contributed by atoms with Crippen molar-refractivity contribution in [2.75, 3.05) is 18.2 Å². The monoisotopic (exact) mass is 514 g/mol. The number of carbonyl (C=O) groups excluding carboxylic acids is 1. The van der Waals surface area contributed by atoms with E-state index in [-0.39, 0.29) is 29.9 Å². The Balaban J connectivity index is 1.18. The van der Waals surface area contributed by atoms with Gasteiger partial charge in [0.25, 0.3) is 0 Å². The normalized spacial score (nSPS) is 23.3. The van der Waals surface area contributed by atoms with Gasteiger partial charge in [-0.1, -0.05) is 45.9 Å². The highest BCUT2D eigenvalue weighted by Gasteiger charge is 2.44. The van der Waals surface area contributed by atoms with E-state index in [4.69, 9.17) is 4.74 Å². The number of hydrazone groups is 1. The molecule has 1 fully saturated rings. The average Bonchev–Trinajstić information content (AvgIpc) is 3.42. The molecule has 1 amide bonds. The molecule has 3 unspecified atom stereocenters. The van der Waals surface area contributed by atoms with E-state index in [1.165, 1.54) is 17.3 Å². The first-order chi connectivity index (χ1) is 15.6. The van der Waals surface area contributed by atoms with E-state index in [0.29, 0.717) is 0 Å². The number of ether oxygens (including phenoxy) is 1. The maximum Gasteiger partial charge on any atom is 0.234 e. The van der Waals surface area contributed by atoms with Crippen molar-refractivity contribution in [2.45, 2.75) is 24.7 Å². The molecule has 3 N–H and O–H groups in total. The fourth-order valence-corrected chi connectivity index (χ4v) is 5.27. The van der Waals surface area contributed by atoms with Gasteiger partial charge >= 0.3 is 0 Å². The first-order valence-corrected chi connectivity index (χ1v) is 12.0. The number of anilines is 1. The summed E-state index contributed by atoms with van der Waals surface area (Å²) in [5, 5.41) is 10.4. The number of thioether (sulfide) groups is 1. The van der Waals surface area contributed by atoms with Gasteiger partial charge in [0, 0.05) is 22.6 Å². The van der Waals surface area contributed by atoms with Crippen LogP contribution in [-0.4, -0.2) is 46.1 Å². The molecule has 0 aromatic heterocycles. The number of methoxy groups -OCH3 is 1. The molecule has 2 aromatic rings. The molecule has 3 heterocycles. The highest BCUT2D eigenvalue weighted by Crippen LogP contribution is 2.35. The van der Waals surface area contributed by atoms with Crippen molar-refractivity contribution in [3.8, 4) is 5.75 Å². The van der Waals surface area contributed by atoms with Gasteiger partial charge in [0.1, 0.15) is 11.9 Å². The summed E-state index contributed by atoms with van der Waals surface area (Å²) in [6.45, 7) is 0. The summed E-state index contributed by atoms with van der Waals surface area (Å²) in [5.74, 6) is 1.07. The van der Waals surface area contributed by atoms with Gasteiger partial charge in [-0.25, -0.2) is 5.43 Å². The molecular weight excluding hydrogens is 492 g/mol. The standard InChI is InChI=1S/C22H23BrN6O2S/c1-31-17-7-5-14(6-8-17)18-12-19-21-25-26-22(28(21)9-10-29(19)27-18)32-13-20(30)24-16-4-2-3-15(23)11-16/h2-11,18-19,21,25,27H,12-13H2,1H3,(H,24,30). The lowest BCUT2D eigenvalue weighted by atomic mass is 10.00. The number of halogens is 1. The van der Waals surface area contributed by atoms with Crippen LogP contribution >= 0.6 is 27.7 Å². The number of carbonyl (C=O) groups is 1. The second-order valence-electron chi connectivity index (χ2n) is 7.69. The predicted octanol–water partition coefficient (Wildman–Crippen LogP) is 3.44. The molecule has 166 valence electrons. The zero-order valence-corrected chi connectivity index (χ0v) is 19.8. The van der Waals surface area contributed by atoms with Gasteiger partial charge in [-0.3, -0.25) is 10.2 Å². The van der Waals surface area contributed by atoms with E-state index >= 15 is 0 Å². The van der Waals surface area contributed by atoms with Crippen molar-refractivity contribution in [1.29, 1.82) is 0 Å². The Morgan fingerprint density at radius 3 is 2.91 bits per heavy atom. The van der Waals surface area contributed by atoms with Crippen LogP contribution in [0.1, 0.15) is 18.0 Å². The molecule has 0 bridgehead atoms. The van der Waals surface area contributed by atoms with Crippen molar-refractivity contribution < 1.29 is 9.53 Å². The second kappa shape index (κ2) is 9.05. The van der Waals surface area contributed by atoms with Crippen molar-refractivity contribution in [3.63, 3.8) is 0 Å². The Labute approximate surface area is 199 Å². The summed E-state index contributed by atoms with van der Waals surface area (Å²) in [6, 6.07) is 16.2. The summed E-state index contributed by atoms with van der Waals surface area (Å²) in [4.78, 5) is 14.5. The Kier molecular flexibility index (Phi) is 5.99. The van der Waals surface area contributed by atoms with E-state index in [0.717, 1.165) is 27.5 Å². The lowest BCUT2D eigenvalue weighted by Crippen LogP contribution is -2.54. The number of rotatable bonds is 5. The predicted molar refractivity (Wildman–Crippen MR) is 130 cm³/mol. The summed E-state index contributed by atoms with van der Waals surface area (Å²) >= 11 is 4.84. The third-order valence-corrected chi connectivity index (χ3v) is 7.12. The molecule has 3 aliphatic rings. The van der Waals surface area contributed by atoms with Crippen LogP contribution in [0.25, 0.3) is 0 Å². The number of amidine groups is 1.